The Morgan fingerprint density at radius 2 is 1.47 bits per heavy atom. The quantitative estimate of drug-likeness (QED) is 0.461. The zero-order valence-corrected chi connectivity index (χ0v) is 19.5. The van der Waals surface area contributed by atoms with Gasteiger partial charge >= 0.3 is 11.9 Å². The van der Waals surface area contributed by atoms with Crippen molar-refractivity contribution in [1.82, 2.24) is 0 Å². The molecular formula is C25H22ClNO7. The second-order valence-corrected chi connectivity index (χ2v) is 7.36. The average Bonchev–Trinajstić information content (AvgIpc) is 2.86. The fourth-order valence-electron chi connectivity index (χ4n) is 3.07. The molecule has 0 saturated carbocycles. The highest BCUT2D eigenvalue weighted by Gasteiger charge is 2.21. The van der Waals surface area contributed by atoms with E-state index in [1.54, 1.807) is 48.5 Å². The van der Waals surface area contributed by atoms with Crippen LogP contribution in [0.4, 0.5) is 5.69 Å². The first kappa shape index (κ1) is 24.6. The van der Waals surface area contributed by atoms with E-state index in [1.807, 2.05) is 0 Å². The third kappa shape index (κ3) is 5.65. The summed E-state index contributed by atoms with van der Waals surface area (Å²) < 4.78 is 20.7. The van der Waals surface area contributed by atoms with Crippen molar-refractivity contribution in [1.29, 1.82) is 0 Å². The lowest BCUT2D eigenvalue weighted by molar-refractivity contribution is 0.0472. The number of ether oxygens (including phenoxy) is 4. The molecule has 0 heterocycles. The van der Waals surface area contributed by atoms with Crippen LogP contribution in [0.1, 0.15) is 36.6 Å². The number of rotatable bonds is 8. The molecule has 0 aromatic heterocycles. The van der Waals surface area contributed by atoms with E-state index < -0.39 is 17.8 Å². The minimum Gasteiger partial charge on any atom is -0.493 e. The van der Waals surface area contributed by atoms with Crippen molar-refractivity contribution in [3.63, 3.8) is 0 Å². The number of halogens is 1. The molecule has 0 radical (unpaired) electrons. The van der Waals surface area contributed by atoms with Crippen molar-refractivity contribution in [2.45, 2.75) is 6.61 Å². The summed E-state index contributed by atoms with van der Waals surface area (Å²) in [5, 5.41) is 2.95. The third-order valence-electron chi connectivity index (χ3n) is 4.86. The summed E-state index contributed by atoms with van der Waals surface area (Å²) in [6.07, 6.45) is 0. The Morgan fingerprint density at radius 1 is 0.824 bits per heavy atom. The maximum Gasteiger partial charge on any atom is 0.340 e. The molecule has 3 aromatic carbocycles. The van der Waals surface area contributed by atoms with Crippen LogP contribution in [-0.4, -0.2) is 39.2 Å². The number of hydrogen-bond donors (Lipinski definition) is 1. The summed E-state index contributed by atoms with van der Waals surface area (Å²) >= 11 is 6.13. The molecule has 3 aromatic rings. The lowest BCUT2D eigenvalue weighted by atomic mass is 10.1. The standard InChI is InChI=1S/C25H22ClNO7/c1-31-21-12-18(25(30)34-14-15-8-10-16(11-9-15)24(29)33-3)20(13-22(21)32-2)27-23(28)17-6-4-5-7-19(17)26/h4-13H,14H2,1-3H3,(H,27,28). The molecule has 0 aliphatic heterocycles. The van der Waals surface area contributed by atoms with Gasteiger partial charge in [-0.1, -0.05) is 35.9 Å². The second-order valence-electron chi connectivity index (χ2n) is 6.95. The van der Waals surface area contributed by atoms with Crippen LogP contribution < -0.4 is 14.8 Å². The predicted octanol–water partition coefficient (Wildman–Crippen LogP) is 4.75. The molecule has 0 aliphatic carbocycles. The summed E-state index contributed by atoms with van der Waals surface area (Å²) in [5.74, 6) is -1.08. The van der Waals surface area contributed by atoms with Gasteiger partial charge in [-0.2, -0.15) is 0 Å². The third-order valence-corrected chi connectivity index (χ3v) is 5.18. The molecule has 8 nitrogen and oxygen atoms in total. The number of nitrogens with one attached hydrogen (secondary N) is 1. The van der Waals surface area contributed by atoms with Crippen molar-refractivity contribution in [2.75, 3.05) is 26.6 Å². The van der Waals surface area contributed by atoms with Gasteiger partial charge in [-0.25, -0.2) is 9.59 Å². The van der Waals surface area contributed by atoms with Crippen molar-refractivity contribution in [2.24, 2.45) is 0 Å². The van der Waals surface area contributed by atoms with Crippen LogP contribution in [0.5, 0.6) is 11.5 Å². The van der Waals surface area contributed by atoms with Gasteiger partial charge in [-0.3, -0.25) is 4.79 Å². The number of anilines is 1. The molecule has 0 saturated heterocycles. The van der Waals surface area contributed by atoms with Gasteiger partial charge in [-0.15, -0.1) is 0 Å². The van der Waals surface area contributed by atoms with Gasteiger partial charge < -0.3 is 24.3 Å². The second kappa shape index (κ2) is 11.2. The van der Waals surface area contributed by atoms with E-state index in [0.29, 0.717) is 16.9 Å². The van der Waals surface area contributed by atoms with Gasteiger partial charge in [0.1, 0.15) is 6.61 Å². The summed E-state index contributed by atoms with van der Waals surface area (Å²) in [7, 11) is 4.16. The van der Waals surface area contributed by atoms with Crippen LogP contribution in [0.2, 0.25) is 5.02 Å². The first-order chi connectivity index (χ1) is 16.4. The predicted molar refractivity (Wildman–Crippen MR) is 126 cm³/mol. The first-order valence-corrected chi connectivity index (χ1v) is 10.4. The van der Waals surface area contributed by atoms with Crippen LogP contribution >= 0.6 is 11.6 Å². The minimum atomic E-state index is -0.701. The van der Waals surface area contributed by atoms with E-state index in [2.05, 4.69) is 10.1 Å². The lowest BCUT2D eigenvalue weighted by Gasteiger charge is -2.16. The molecular weight excluding hydrogens is 462 g/mol. The van der Waals surface area contributed by atoms with Crippen LogP contribution in [0.3, 0.4) is 0 Å². The normalized spacial score (nSPS) is 10.2. The molecule has 1 amide bonds. The highest BCUT2D eigenvalue weighted by Crippen LogP contribution is 2.34. The summed E-state index contributed by atoms with van der Waals surface area (Å²) in [5.41, 5.74) is 1.49. The lowest BCUT2D eigenvalue weighted by Crippen LogP contribution is -2.17. The van der Waals surface area contributed by atoms with Crippen molar-refractivity contribution < 1.29 is 33.3 Å². The van der Waals surface area contributed by atoms with E-state index in [0.717, 1.165) is 0 Å². The molecule has 34 heavy (non-hydrogen) atoms. The zero-order chi connectivity index (χ0) is 24.7. The zero-order valence-electron chi connectivity index (χ0n) is 18.7. The van der Waals surface area contributed by atoms with Gasteiger partial charge in [0, 0.05) is 12.1 Å². The molecule has 1 N–H and O–H groups in total. The van der Waals surface area contributed by atoms with E-state index >= 15 is 0 Å². The SMILES string of the molecule is COC(=O)c1ccc(COC(=O)c2cc(OC)c(OC)cc2NC(=O)c2ccccc2Cl)cc1. The molecule has 9 heteroatoms. The molecule has 0 unspecified atom stereocenters. The fraction of sp³-hybridized carbons (Fsp3) is 0.160. The first-order valence-electron chi connectivity index (χ1n) is 10.0. The van der Waals surface area contributed by atoms with Gasteiger partial charge in [0.15, 0.2) is 11.5 Å². The average molecular weight is 484 g/mol. The number of methoxy groups -OCH3 is 3. The Hall–Kier alpha value is -4.04. The molecule has 0 spiro atoms. The van der Waals surface area contributed by atoms with Crippen molar-refractivity contribution in [3.8, 4) is 11.5 Å². The minimum absolute atomic E-state index is 0.0595. The number of carbonyl (C=O) groups is 3. The van der Waals surface area contributed by atoms with Gasteiger partial charge in [-0.05, 0) is 29.8 Å². The molecule has 0 bridgehead atoms. The Bertz CT molecular complexity index is 1210. The Labute approximate surface area is 201 Å². The van der Waals surface area contributed by atoms with E-state index in [1.165, 1.54) is 33.5 Å². The number of esters is 2. The number of benzene rings is 3. The Morgan fingerprint density at radius 3 is 2.09 bits per heavy atom. The highest BCUT2D eigenvalue weighted by molar-refractivity contribution is 6.34. The van der Waals surface area contributed by atoms with Gasteiger partial charge in [0.2, 0.25) is 0 Å². The number of hydrogen-bond acceptors (Lipinski definition) is 7. The maximum absolute atomic E-state index is 12.9. The fourth-order valence-corrected chi connectivity index (χ4v) is 3.29. The van der Waals surface area contributed by atoms with Crippen LogP contribution in [0.15, 0.2) is 60.7 Å². The van der Waals surface area contributed by atoms with E-state index in [9.17, 15) is 14.4 Å². The molecule has 0 atom stereocenters. The number of carbonyl (C=O) groups excluding carboxylic acids is 3. The smallest absolute Gasteiger partial charge is 0.340 e. The maximum atomic E-state index is 12.9. The molecule has 0 fully saturated rings. The van der Waals surface area contributed by atoms with E-state index in [4.69, 9.17) is 25.8 Å². The van der Waals surface area contributed by atoms with Crippen LogP contribution in [0, 0.1) is 0 Å². The molecule has 0 aliphatic rings. The summed E-state index contributed by atoms with van der Waals surface area (Å²) in [6, 6.07) is 15.9. The van der Waals surface area contributed by atoms with Crippen LogP contribution in [0.25, 0.3) is 0 Å². The summed E-state index contributed by atoms with van der Waals surface area (Å²) in [4.78, 5) is 37.3. The number of amides is 1. The van der Waals surface area contributed by atoms with Crippen LogP contribution in [-0.2, 0) is 16.1 Å². The summed E-state index contributed by atoms with van der Waals surface area (Å²) in [6.45, 7) is -0.0630. The molecule has 3 rings (SSSR count). The van der Waals surface area contributed by atoms with Crippen molar-refractivity contribution >= 4 is 35.1 Å². The highest BCUT2D eigenvalue weighted by atomic mass is 35.5. The Balaban J connectivity index is 1.85. The largest absolute Gasteiger partial charge is 0.493 e. The monoisotopic (exact) mass is 483 g/mol. The van der Waals surface area contributed by atoms with Crippen molar-refractivity contribution in [3.05, 3.63) is 87.9 Å². The van der Waals surface area contributed by atoms with Gasteiger partial charge in [0.25, 0.3) is 5.91 Å². The topological polar surface area (TPSA) is 100 Å². The van der Waals surface area contributed by atoms with Gasteiger partial charge in [0.05, 0.1) is 48.7 Å². The molecule has 176 valence electrons. The van der Waals surface area contributed by atoms with E-state index in [-0.39, 0.29) is 34.2 Å². The Kier molecular flexibility index (Phi) is 8.10.